The van der Waals surface area contributed by atoms with Crippen LogP contribution in [0.4, 0.5) is 5.69 Å². The van der Waals surface area contributed by atoms with Crippen LogP contribution in [0, 0.1) is 13.8 Å². The van der Waals surface area contributed by atoms with Crippen molar-refractivity contribution in [3.8, 4) is 17.3 Å². The maximum absolute atomic E-state index is 13.1. The summed E-state index contributed by atoms with van der Waals surface area (Å²) in [4.78, 5) is 30.6. The van der Waals surface area contributed by atoms with E-state index < -0.39 is 0 Å². The van der Waals surface area contributed by atoms with Crippen molar-refractivity contribution >= 4 is 11.6 Å². The lowest BCUT2D eigenvalue weighted by molar-refractivity contribution is 0.0741. The molecule has 2 fully saturated rings. The second-order valence-corrected chi connectivity index (χ2v) is 9.30. The molecule has 0 radical (unpaired) electrons. The number of imidazole rings is 1. The fourth-order valence-corrected chi connectivity index (χ4v) is 4.47. The number of aryl methyl sites for hydroxylation is 1. The molecular weight excluding hydrogens is 442 g/mol. The number of rotatable bonds is 5. The molecule has 1 saturated carbocycles. The van der Waals surface area contributed by atoms with Crippen LogP contribution in [0.1, 0.15) is 46.2 Å². The molecule has 1 aliphatic carbocycles. The highest BCUT2D eigenvalue weighted by Crippen LogP contribution is 2.38. The van der Waals surface area contributed by atoms with E-state index in [4.69, 9.17) is 4.52 Å². The van der Waals surface area contributed by atoms with Crippen molar-refractivity contribution in [3.05, 3.63) is 71.7 Å². The van der Waals surface area contributed by atoms with Gasteiger partial charge < -0.3 is 14.3 Å². The maximum Gasteiger partial charge on any atom is 0.274 e. The third-order valence-corrected chi connectivity index (χ3v) is 6.93. The number of hydrogen-bond donors (Lipinski definition) is 0. The number of amides is 1. The van der Waals surface area contributed by atoms with Crippen molar-refractivity contribution in [2.75, 3.05) is 31.1 Å². The number of carbonyl (C=O) groups excluding carboxylic acids is 1. The Morgan fingerprint density at radius 3 is 2.60 bits per heavy atom. The summed E-state index contributed by atoms with van der Waals surface area (Å²) in [7, 11) is 0. The number of aromatic nitrogens is 5. The van der Waals surface area contributed by atoms with E-state index in [9.17, 15) is 4.79 Å². The molecule has 9 heteroatoms. The Morgan fingerprint density at radius 1 is 1.03 bits per heavy atom. The minimum absolute atomic E-state index is 0.0561. The lowest BCUT2D eigenvalue weighted by Gasteiger charge is -2.36. The molecule has 178 valence electrons. The van der Waals surface area contributed by atoms with Crippen LogP contribution in [0.25, 0.3) is 17.3 Å². The van der Waals surface area contributed by atoms with Crippen LogP contribution in [-0.2, 0) is 0 Å². The van der Waals surface area contributed by atoms with E-state index in [2.05, 4.69) is 57.1 Å². The highest BCUT2D eigenvalue weighted by atomic mass is 16.5. The molecule has 1 saturated heterocycles. The number of anilines is 1. The maximum atomic E-state index is 13.1. The molecule has 35 heavy (non-hydrogen) atoms. The van der Waals surface area contributed by atoms with E-state index in [0.717, 1.165) is 37.3 Å². The smallest absolute Gasteiger partial charge is 0.274 e. The van der Waals surface area contributed by atoms with Gasteiger partial charge in [-0.25, -0.2) is 9.97 Å². The van der Waals surface area contributed by atoms with Gasteiger partial charge in [0.05, 0.1) is 5.56 Å². The average Bonchev–Trinajstić information content (AvgIpc) is 3.41. The van der Waals surface area contributed by atoms with Crippen LogP contribution >= 0.6 is 0 Å². The Labute approximate surface area is 203 Å². The predicted octanol–water partition coefficient (Wildman–Crippen LogP) is 3.77. The van der Waals surface area contributed by atoms with E-state index >= 15 is 0 Å². The molecule has 4 heterocycles. The molecule has 2 aliphatic rings. The van der Waals surface area contributed by atoms with E-state index in [-0.39, 0.29) is 5.91 Å². The van der Waals surface area contributed by atoms with E-state index in [1.165, 1.54) is 16.8 Å². The Hall–Kier alpha value is -4.01. The second kappa shape index (κ2) is 8.65. The van der Waals surface area contributed by atoms with Gasteiger partial charge in [0.2, 0.25) is 0 Å². The summed E-state index contributed by atoms with van der Waals surface area (Å²) in [5.41, 5.74) is 5.02. The first-order valence-electron chi connectivity index (χ1n) is 12.0. The quantitative estimate of drug-likeness (QED) is 0.439. The van der Waals surface area contributed by atoms with Crippen molar-refractivity contribution in [1.29, 1.82) is 0 Å². The summed E-state index contributed by atoms with van der Waals surface area (Å²) in [5, 5.41) is 4.06. The number of benzene rings is 1. The van der Waals surface area contributed by atoms with Gasteiger partial charge in [-0.15, -0.1) is 0 Å². The van der Waals surface area contributed by atoms with Gasteiger partial charge in [0.25, 0.3) is 11.8 Å². The van der Waals surface area contributed by atoms with Gasteiger partial charge in [0.1, 0.15) is 17.8 Å². The molecule has 0 atom stereocenters. The zero-order valence-electron chi connectivity index (χ0n) is 19.9. The van der Waals surface area contributed by atoms with Crippen LogP contribution in [0.5, 0.6) is 0 Å². The summed E-state index contributed by atoms with van der Waals surface area (Å²) < 4.78 is 7.13. The van der Waals surface area contributed by atoms with Crippen LogP contribution in [0.15, 0.2) is 53.6 Å². The molecule has 1 aromatic carbocycles. The Bertz CT molecular complexity index is 1360. The SMILES string of the molecule is Cc1cccc(N2CCN(C(=O)c3cn(-c4ccc(-c5nc(C6CC6)no5)cn4)cn3)CC2)c1C. The van der Waals surface area contributed by atoms with Gasteiger partial charge in [-0.3, -0.25) is 9.36 Å². The molecule has 1 aliphatic heterocycles. The van der Waals surface area contributed by atoms with Gasteiger partial charge in [-0.05, 0) is 56.0 Å². The van der Waals surface area contributed by atoms with Gasteiger partial charge in [0, 0.05) is 50.2 Å². The van der Waals surface area contributed by atoms with Crippen LogP contribution < -0.4 is 4.90 Å². The standard InChI is InChI=1S/C26H27N7O2/c1-17-4-3-5-22(18(17)2)31-10-12-32(13-11-31)26(34)21-15-33(16-28-21)23-9-8-20(14-27-23)25-29-24(30-35-25)19-6-7-19/h3-5,8-9,14-16,19H,6-7,10-13H2,1-2H3. The first kappa shape index (κ1) is 21.5. The molecule has 0 unspecified atom stereocenters. The fraction of sp³-hybridized carbons (Fsp3) is 0.346. The molecule has 9 nitrogen and oxygen atoms in total. The highest BCUT2D eigenvalue weighted by Gasteiger charge is 2.29. The average molecular weight is 470 g/mol. The second-order valence-electron chi connectivity index (χ2n) is 9.30. The number of piperazine rings is 1. The Kier molecular flexibility index (Phi) is 5.32. The normalized spacial score (nSPS) is 16.1. The van der Waals surface area contributed by atoms with Gasteiger partial charge in [-0.1, -0.05) is 17.3 Å². The Balaban J connectivity index is 1.11. The molecular formula is C26H27N7O2. The predicted molar refractivity (Wildman–Crippen MR) is 131 cm³/mol. The molecule has 1 amide bonds. The zero-order valence-corrected chi connectivity index (χ0v) is 19.9. The van der Waals surface area contributed by atoms with Crippen molar-refractivity contribution < 1.29 is 9.32 Å². The summed E-state index contributed by atoms with van der Waals surface area (Å²) in [6.45, 7) is 7.23. The third kappa shape index (κ3) is 4.18. The van der Waals surface area contributed by atoms with Crippen molar-refractivity contribution in [1.82, 2.24) is 29.6 Å². The van der Waals surface area contributed by atoms with E-state index in [0.29, 0.717) is 36.4 Å². The van der Waals surface area contributed by atoms with Crippen molar-refractivity contribution in [2.45, 2.75) is 32.6 Å². The number of carbonyl (C=O) groups is 1. The molecule has 0 N–H and O–H groups in total. The topological polar surface area (TPSA) is 93.2 Å². The number of pyridine rings is 1. The number of hydrogen-bond acceptors (Lipinski definition) is 7. The minimum atomic E-state index is -0.0561. The van der Waals surface area contributed by atoms with Crippen molar-refractivity contribution in [3.63, 3.8) is 0 Å². The zero-order chi connectivity index (χ0) is 23.9. The summed E-state index contributed by atoms with van der Waals surface area (Å²) in [6, 6.07) is 10.1. The fourth-order valence-electron chi connectivity index (χ4n) is 4.47. The largest absolute Gasteiger partial charge is 0.368 e. The molecule has 3 aromatic heterocycles. The molecule has 0 spiro atoms. The molecule has 6 rings (SSSR count). The summed E-state index contributed by atoms with van der Waals surface area (Å²) >= 11 is 0. The van der Waals surface area contributed by atoms with Gasteiger partial charge >= 0.3 is 0 Å². The minimum Gasteiger partial charge on any atom is -0.368 e. The Morgan fingerprint density at radius 2 is 1.86 bits per heavy atom. The van der Waals surface area contributed by atoms with Crippen molar-refractivity contribution in [2.24, 2.45) is 0 Å². The van der Waals surface area contributed by atoms with Gasteiger partial charge in [0.15, 0.2) is 5.82 Å². The van der Waals surface area contributed by atoms with E-state index in [1.807, 2.05) is 17.0 Å². The van der Waals surface area contributed by atoms with Crippen LogP contribution in [-0.4, -0.2) is 61.7 Å². The summed E-state index contributed by atoms with van der Waals surface area (Å²) in [6.07, 6.45) is 7.31. The highest BCUT2D eigenvalue weighted by molar-refractivity contribution is 5.92. The third-order valence-electron chi connectivity index (χ3n) is 6.93. The van der Waals surface area contributed by atoms with Gasteiger partial charge in [-0.2, -0.15) is 4.98 Å². The first-order chi connectivity index (χ1) is 17.1. The number of nitrogens with zero attached hydrogens (tertiary/aromatic N) is 7. The monoisotopic (exact) mass is 469 g/mol. The first-order valence-corrected chi connectivity index (χ1v) is 12.0. The molecule has 0 bridgehead atoms. The lowest BCUT2D eigenvalue weighted by Crippen LogP contribution is -2.49. The molecule has 4 aromatic rings. The van der Waals surface area contributed by atoms with E-state index in [1.54, 1.807) is 23.3 Å². The van der Waals surface area contributed by atoms with Crippen LogP contribution in [0.2, 0.25) is 0 Å². The lowest BCUT2D eigenvalue weighted by atomic mass is 10.1. The summed E-state index contributed by atoms with van der Waals surface area (Å²) in [5.74, 6) is 2.31. The van der Waals surface area contributed by atoms with Crippen LogP contribution in [0.3, 0.4) is 0 Å².